The van der Waals surface area contributed by atoms with E-state index in [-0.39, 0.29) is 5.91 Å². The maximum absolute atomic E-state index is 12.8. The summed E-state index contributed by atoms with van der Waals surface area (Å²) in [6.45, 7) is 1.33. The maximum Gasteiger partial charge on any atom is 0.266 e. The molecule has 5 nitrogen and oxygen atoms in total. The Balaban J connectivity index is 2.10. The van der Waals surface area contributed by atoms with E-state index in [0.29, 0.717) is 6.54 Å². The highest BCUT2D eigenvalue weighted by atomic mass is 16.2. The molecule has 1 aliphatic heterocycles. The summed E-state index contributed by atoms with van der Waals surface area (Å²) in [6.07, 6.45) is -0.894. The minimum Gasteiger partial charge on any atom is -0.308 e. The lowest BCUT2D eigenvalue weighted by atomic mass is 10.0. The lowest BCUT2D eigenvalue weighted by Gasteiger charge is -2.25. The van der Waals surface area contributed by atoms with Gasteiger partial charge in [0.15, 0.2) is 6.17 Å². The molecule has 5 heteroatoms. The molecule has 2 aromatic rings. The number of aliphatic imine (C=N–C) groups is 1. The van der Waals surface area contributed by atoms with Gasteiger partial charge in [0.1, 0.15) is 0 Å². The summed E-state index contributed by atoms with van der Waals surface area (Å²) in [5.41, 5.74) is 9.61. The molecule has 1 amide bonds. The molecule has 0 radical (unpaired) electrons. The van der Waals surface area contributed by atoms with E-state index >= 15 is 0 Å². The van der Waals surface area contributed by atoms with Crippen molar-refractivity contribution in [1.29, 1.82) is 0 Å². The summed E-state index contributed by atoms with van der Waals surface area (Å²) in [5, 5.41) is 0. The van der Waals surface area contributed by atoms with Crippen LogP contribution in [0.15, 0.2) is 59.6 Å². The van der Waals surface area contributed by atoms with Crippen LogP contribution in [0.1, 0.15) is 11.1 Å². The smallest absolute Gasteiger partial charge is 0.266 e. The van der Waals surface area contributed by atoms with Gasteiger partial charge in [-0.05, 0) is 20.2 Å². The van der Waals surface area contributed by atoms with E-state index in [2.05, 4.69) is 4.99 Å². The molecular formula is C19H22N4O. The van der Waals surface area contributed by atoms with Crippen LogP contribution < -0.4 is 10.6 Å². The molecule has 2 aromatic carbocycles. The van der Waals surface area contributed by atoms with E-state index in [1.165, 1.54) is 0 Å². The predicted octanol–water partition coefficient (Wildman–Crippen LogP) is 1.72. The molecule has 0 fully saturated rings. The molecule has 0 aliphatic carbocycles. The van der Waals surface area contributed by atoms with Crippen LogP contribution in [-0.4, -0.2) is 49.9 Å². The third-order valence-corrected chi connectivity index (χ3v) is 4.06. The number of benzodiazepines with no additional fused rings is 1. The number of carbonyl (C=O) groups excluding carboxylic acids is 1. The molecule has 0 spiro atoms. The first-order valence-corrected chi connectivity index (χ1v) is 8.02. The molecule has 1 heterocycles. The number of amides is 1. The number of hydrogen-bond donors (Lipinski definition) is 1. The zero-order chi connectivity index (χ0) is 17.1. The first kappa shape index (κ1) is 16.4. The number of anilines is 1. The first-order chi connectivity index (χ1) is 11.6. The van der Waals surface area contributed by atoms with Gasteiger partial charge in [-0.1, -0.05) is 48.5 Å². The Kier molecular flexibility index (Phi) is 4.74. The van der Waals surface area contributed by atoms with Crippen molar-refractivity contribution in [2.24, 2.45) is 10.7 Å². The van der Waals surface area contributed by atoms with E-state index in [9.17, 15) is 4.79 Å². The summed E-state index contributed by atoms with van der Waals surface area (Å²) in [4.78, 5) is 21.1. The molecule has 124 valence electrons. The number of para-hydroxylation sites is 1. The van der Waals surface area contributed by atoms with Gasteiger partial charge in [-0.3, -0.25) is 9.79 Å². The van der Waals surface area contributed by atoms with Crippen LogP contribution in [-0.2, 0) is 4.79 Å². The summed E-state index contributed by atoms with van der Waals surface area (Å²) in [7, 11) is 3.97. The number of fused-ring (bicyclic) bond motifs is 1. The standard InChI is InChI=1S/C19H22N4O/c1-22(2)12-13-23-16-11-7-6-10-15(16)17(21-18(20)19(23)24)14-8-4-3-5-9-14/h3-11,18H,12-13,20H2,1-2H3. The monoisotopic (exact) mass is 322 g/mol. The van der Waals surface area contributed by atoms with Crippen LogP contribution in [0.25, 0.3) is 0 Å². The number of likely N-dealkylation sites (N-methyl/N-ethyl adjacent to an activating group) is 1. The zero-order valence-electron chi connectivity index (χ0n) is 14.0. The molecule has 24 heavy (non-hydrogen) atoms. The van der Waals surface area contributed by atoms with Gasteiger partial charge >= 0.3 is 0 Å². The Morgan fingerprint density at radius 1 is 1.08 bits per heavy atom. The molecule has 0 saturated carbocycles. The lowest BCUT2D eigenvalue weighted by molar-refractivity contribution is -0.119. The fourth-order valence-corrected chi connectivity index (χ4v) is 2.81. The molecule has 0 saturated heterocycles. The van der Waals surface area contributed by atoms with Gasteiger partial charge in [-0.25, -0.2) is 0 Å². The van der Waals surface area contributed by atoms with E-state index in [0.717, 1.165) is 29.1 Å². The average molecular weight is 322 g/mol. The lowest BCUT2D eigenvalue weighted by Crippen LogP contribution is -2.45. The minimum atomic E-state index is -0.894. The molecule has 2 N–H and O–H groups in total. The molecule has 1 unspecified atom stereocenters. The highest BCUT2D eigenvalue weighted by molar-refractivity contribution is 6.20. The largest absolute Gasteiger partial charge is 0.308 e. The van der Waals surface area contributed by atoms with Crippen LogP contribution in [0.5, 0.6) is 0 Å². The fourth-order valence-electron chi connectivity index (χ4n) is 2.81. The molecule has 0 aromatic heterocycles. The number of hydrogen-bond acceptors (Lipinski definition) is 4. The van der Waals surface area contributed by atoms with Crippen LogP contribution in [0.4, 0.5) is 5.69 Å². The van der Waals surface area contributed by atoms with Gasteiger partial charge in [0.25, 0.3) is 5.91 Å². The van der Waals surface area contributed by atoms with Gasteiger partial charge in [-0.15, -0.1) is 0 Å². The van der Waals surface area contributed by atoms with Crippen molar-refractivity contribution < 1.29 is 4.79 Å². The van der Waals surface area contributed by atoms with Gasteiger partial charge < -0.3 is 15.5 Å². The normalized spacial score (nSPS) is 17.5. The number of nitrogens with zero attached hydrogens (tertiary/aromatic N) is 3. The number of rotatable bonds is 4. The van der Waals surface area contributed by atoms with Gasteiger partial charge in [0, 0.05) is 24.2 Å². The highest BCUT2D eigenvalue weighted by Gasteiger charge is 2.29. The Labute approximate surface area is 142 Å². The number of benzene rings is 2. The molecular weight excluding hydrogens is 300 g/mol. The molecule has 3 rings (SSSR count). The van der Waals surface area contributed by atoms with Crippen LogP contribution in [0.3, 0.4) is 0 Å². The van der Waals surface area contributed by atoms with E-state index < -0.39 is 6.17 Å². The number of carbonyl (C=O) groups is 1. The number of nitrogens with two attached hydrogens (primary N) is 1. The highest BCUT2D eigenvalue weighted by Crippen LogP contribution is 2.27. The Bertz CT molecular complexity index is 755. The van der Waals surface area contributed by atoms with E-state index in [4.69, 9.17) is 5.73 Å². The van der Waals surface area contributed by atoms with Crippen molar-refractivity contribution in [3.05, 3.63) is 65.7 Å². The van der Waals surface area contributed by atoms with Crippen LogP contribution in [0.2, 0.25) is 0 Å². The molecule has 1 atom stereocenters. The van der Waals surface area contributed by atoms with E-state index in [1.54, 1.807) is 4.90 Å². The van der Waals surface area contributed by atoms with Crippen LogP contribution in [0, 0.1) is 0 Å². The second-order valence-corrected chi connectivity index (χ2v) is 6.10. The maximum atomic E-state index is 12.8. The van der Waals surface area contributed by atoms with Crippen molar-refractivity contribution in [3.63, 3.8) is 0 Å². The van der Waals surface area contributed by atoms with Gasteiger partial charge in [0.2, 0.25) is 0 Å². The summed E-state index contributed by atoms with van der Waals surface area (Å²) in [6, 6.07) is 17.7. The Hall–Kier alpha value is -2.50. The SMILES string of the molecule is CN(C)CCN1C(=O)C(N)N=C(c2ccccc2)c2ccccc21. The van der Waals surface area contributed by atoms with Crippen molar-refractivity contribution >= 4 is 17.3 Å². The second kappa shape index (κ2) is 6.95. The van der Waals surface area contributed by atoms with Crippen molar-refractivity contribution in [1.82, 2.24) is 4.90 Å². The van der Waals surface area contributed by atoms with E-state index in [1.807, 2.05) is 73.6 Å². The van der Waals surface area contributed by atoms with Crippen LogP contribution >= 0.6 is 0 Å². The molecule has 1 aliphatic rings. The molecule has 0 bridgehead atoms. The third kappa shape index (κ3) is 3.22. The topological polar surface area (TPSA) is 61.9 Å². The average Bonchev–Trinajstić information content (AvgIpc) is 2.70. The summed E-state index contributed by atoms with van der Waals surface area (Å²) >= 11 is 0. The van der Waals surface area contributed by atoms with Gasteiger partial charge in [-0.2, -0.15) is 0 Å². The van der Waals surface area contributed by atoms with Crippen molar-refractivity contribution in [3.8, 4) is 0 Å². The van der Waals surface area contributed by atoms with Crippen molar-refractivity contribution in [2.75, 3.05) is 32.1 Å². The zero-order valence-corrected chi connectivity index (χ0v) is 14.0. The third-order valence-electron chi connectivity index (χ3n) is 4.06. The summed E-state index contributed by atoms with van der Waals surface area (Å²) < 4.78 is 0. The minimum absolute atomic E-state index is 0.171. The predicted molar refractivity (Wildman–Crippen MR) is 97.4 cm³/mol. The van der Waals surface area contributed by atoms with Crippen molar-refractivity contribution in [2.45, 2.75) is 6.17 Å². The van der Waals surface area contributed by atoms with Gasteiger partial charge in [0.05, 0.1) is 11.4 Å². The fraction of sp³-hybridized carbons (Fsp3) is 0.263. The quantitative estimate of drug-likeness (QED) is 0.932. The first-order valence-electron chi connectivity index (χ1n) is 8.02. The Morgan fingerprint density at radius 2 is 1.75 bits per heavy atom. The summed E-state index contributed by atoms with van der Waals surface area (Å²) in [5.74, 6) is -0.171. The second-order valence-electron chi connectivity index (χ2n) is 6.10. The Morgan fingerprint density at radius 3 is 2.46 bits per heavy atom.